The smallest absolute Gasteiger partial charge is 0.341 e. The quantitative estimate of drug-likeness (QED) is 0.262. The molecule has 2 aromatic carbocycles. The summed E-state index contributed by atoms with van der Waals surface area (Å²) in [7, 11) is 1.39. The van der Waals surface area contributed by atoms with E-state index < -0.39 is 5.97 Å². The normalized spacial score (nSPS) is 15.3. The molecule has 1 N–H and O–H groups in total. The van der Waals surface area contributed by atoms with Gasteiger partial charge in [-0.05, 0) is 66.8 Å². The number of aromatic nitrogens is 1. The molecule has 196 valence electrons. The van der Waals surface area contributed by atoms with Crippen LogP contribution in [0.15, 0.2) is 48.5 Å². The zero-order valence-electron chi connectivity index (χ0n) is 22.3. The number of ether oxygens (including phenoxy) is 1. The summed E-state index contributed by atoms with van der Waals surface area (Å²) < 4.78 is 5.16. The van der Waals surface area contributed by atoms with Crippen molar-refractivity contribution in [2.24, 2.45) is 11.3 Å². The van der Waals surface area contributed by atoms with Crippen LogP contribution in [0.4, 0.5) is 5.00 Å². The molecule has 0 saturated carbocycles. The molecule has 1 amide bonds. The number of para-hydroxylation sites is 1. The summed E-state index contributed by atoms with van der Waals surface area (Å²) in [5.74, 6) is -0.173. The average Bonchev–Trinajstić information content (AvgIpc) is 3.24. The fourth-order valence-electron chi connectivity index (χ4n) is 5.39. The number of amides is 1. The molecule has 0 bridgehead atoms. The Morgan fingerprint density at radius 2 is 1.79 bits per heavy atom. The predicted molar refractivity (Wildman–Crippen MR) is 156 cm³/mol. The lowest BCUT2D eigenvalue weighted by atomic mass is 9.72. The highest BCUT2D eigenvalue weighted by Gasteiger charge is 2.34. The maximum atomic E-state index is 14.0. The Bertz CT molecular complexity index is 1550. The number of esters is 1. The molecule has 5 nitrogen and oxygen atoms in total. The molecule has 0 spiro atoms. The molecule has 1 aliphatic rings. The van der Waals surface area contributed by atoms with E-state index in [2.05, 4.69) is 26.1 Å². The summed E-state index contributed by atoms with van der Waals surface area (Å²) >= 11 is 7.61. The number of carbonyl (C=O) groups excluding carboxylic acids is 2. The molecule has 1 aliphatic carbocycles. The standard InChI is InChI=1S/C31H31ClN2O3S/c1-17-25(21-8-6-7-9-23(21)33-27(17)18-10-13-20(32)14-11-18)28(35)34-29-26(30(36)37-5)22-15-12-19(31(2,3)4)16-24(22)38-29/h6-11,13-14,19H,12,15-16H2,1-5H3,(H,34,35). The van der Waals surface area contributed by atoms with Crippen LogP contribution >= 0.6 is 22.9 Å². The maximum Gasteiger partial charge on any atom is 0.341 e. The molecule has 0 aliphatic heterocycles. The third-order valence-corrected chi connectivity index (χ3v) is 9.01. The molecule has 1 atom stereocenters. The Hall–Kier alpha value is -3.22. The van der Waals surface area contributed by atoms with Crippen LogP contribution in [-0.4, -0.2) is 24.0 Å². The van der Waals surface area contributed by atoms with Gasteiger partial charge in [0.2, 0.25) is 0 Å². The van der Waals surface area contributed by atoms with Crippen LogP contribution in [-0.2, 0) is 17.6 Å². The summed E-state index contributed by atoms with van der Waals surface area (Å²) in [6.45, 7) is 8.69. The van der Waals surface area contributed by atoms with Crippen molar-refractivity contribution in [2.45, 2.75) is 47.0 Å². The Labute approximate surface area is 232 Å². The summed E-state index contributed by atoms with van der Waals surface area (Å²) in [6.07, 6.45) is 2.69. The summed E-state index contributed by atoms with van der Waals surface area (Å²) in [6, 6.07) is 15.1. The molecule has 7 heteroatoms. The fourth-order valence-corrected chi connectivity index (χ4v) is 6.82. The maximum absolute atomic E-state index is 14.0. The first-order valence-corrected chi connectivity index (χ1v) is 14.0. The van der Waals surface area contributed by atoms with Gasteiger partial charge in [0.15, 0.2) is 0 Å². The van der Waals surface area contributed by atoms with Crippen LogP contribution in [0, 0.1) is 18.3 Å². The second kappa shape index (κ2) is 10.2. The average molecular weight is 547 g/mol. The van der Waals surface area contributed by atoms with Gasteiger partial charge in [-0.25, -0.2) is 9.78 Å². The first-order chi connectivity index (χ1) is 18.1. The van der Waals surface area contributed by atoms with Crippen LogP contribution in [0.25, 0.3) is 22.2 Å². The molecule has 0 fully saturated rings. The Morgan fingerprint density at radius 3 is 2.47 bits per heavy atom. The van der Waals surface area contributed by atoms with Gasteiger partial charge in [-0.1, -0.05) is 62.7 Å². The highest BCUT2D eigenvalue weighted by molar-refractivity contribution is 7.17. The number of benzene rings is 2. The summed E-state index contributed by atoms with van der Waals surface area (Å²) in [5, 5.41) is 5.05. The number of pyridine rings is 1. The van der Waals surface area contributed by atoms with E-state index in [9.17, 15) is 9.59 Å². The molecular formula is C31H31ClN2O3S. The van der Waals surface area contributed by atoms with Crippen molar-refractivity contribution in [1.82, 2.24) is 4.98 Å². The third kappa shape index (κ3) is 4.83. The van der Waals surface area contributed by atoms with E-state index in [0.717, 1.165) is 57.4 Å². The lowest BCUT2D eigenvalue weighted by Gasteiger charge is -2.33. The molecule has 2 heterocycles. The number of carbonyl (C=O) groups is 2. The minimum atomic E-state index is -0.412. The molecule has 5 rings (SSSR count). The Kier molecular flexibility index (Phi) is 7.05. The minimum Gasteiger partial charge on any atom is -0.465 e. The first kappa shape index (κ1) is 26.4. The highest BCUT2D eigenvalue weighted by atomic mass is 35.5. The number of hydrogen-bond donors (Lipinski definition) is 1. The second-order valence-electron chi connectivity index (χ2n) is 10.9. The monoisotopic (exact) mass is 546 g/mol. The van der Waals surface area contributed by atoms with Crippen LogP contribution in [0.2, 0.25) is 5.02 Å². The number of nitrogens with one attached hydrogen (secondary N) is 1. The van der Waals surface area contributed by atoms with Crippen LogP contribution in [0.5, 0.6) is 0 Å². The molecule has 4 aromatic rings. The lowest BCUT2D eigenvalue weighted by Crippen LogP contribution is -2.26. The highest BCUT2D eigenvalue weighted by Crippen LogP contribution is 2.45. The van der Waals surface area contributed by atoms with E-state index in [-0.39, 0.29) is 11.3 Å². The van der Waals surface area contributed by atoms with Gasteiger partial charge in [-0.2, -0.15) is 0 Å². The van der Waals surface area contributed by atoms with Gasteiger partial charge in [0.1, 0.15) is 5.00 Å². The Balaban J connectivity index is 1.60. The number of thiophene rings is 1. The number of hydrogen-bond acceptors (Lipinski definition) is 5. The van der Waals surface area contributed by atoms with Crippen molar-refractivity contribution >= 4 is 50.7 Å². The van der Waals surface area contributed by atoms with Crippen molar-refractivity contribution in [3.8, 4) is 11.3 Å². The number of anilines is 1. The van der Waals surface area contributed by atoms with E-state index in [1.165, 1.54) is 18.4 Å². The van der Waals surface area contributed by atoms with E-state index >= 15 is 0 Å². The number of rotatable bonds is 4. The van der Waals surface area contributed by atoms with Crippen molar-refractivity contribution < 1.29 is 14.3 Å². The van der Waals surface area contributed by atoms with Gasteiger partial charge in [0, 0.05) is 20.8 Å². The van der Waals surface area contributed by atoms with Crippen LogP contribution < -0.4 is 5.32 Å². The number of methoxy groups -OCH3 is 1. The molecule has 38 heavy (non-hydrogen) atoms. The van der Waals surface area contributed by atoms with E-state index in [4.69, 9.17) is 21.3 Å². The third-order valence-electron chi connectivity index (χ3n) is 7.59. The van der Waals surface area contributed by atoms with Crippen molar-refractivity contribution in [3.63, 3.8) is 0 Å². The molecule has 1 unspecified atom stereocenters. The predicted octanol–water partition coefficient (Wildman–Crippen LogP) is 8.12. The number of nitrogens with zero attached hydrogens (tertiary/aromatic N) is 1. The van der Waals surface area contributed by atoms with Gasteiger partial charge < -0.3 is 10.1 Å². The second-order valence-corrected chi connectivity index (χ2v) is 12.5. The molecule has 0 radical (unpaired) electrons. The van der Waals surface area contributed by atoms with Gasteiger partial charge >= 0.3 is 5.97 Å². The lowest BCUT2D eigenvalue weighted by molar-refractivity contribution is 0.0600. The SMILES string of the molecule is COC(=O)c1c(NC(=O)c2c(C)c(-c3ccc(Cl)cc3)nc3ccccc23)sc2c1CCC(C(C)(C)C)C2. The zero-order valence-corrected chi connectivity index (χ0v) is 23.8. The Morgan fingerprint density at radius 1 is 1.08 bits per heavy atom. The van der Waals surface area contributed by atoms with Crippen molar-refractivity contribution in [3.05, 3.63) is 80.7 Å². The summed E-state index contributed by atoms with van der Waals surface area (Å²) in [4.78, 5) is 32.9. The zero-order chi connectivity index (χ0) is 27.2. The van der Waals surface area contributed by atoms with E-state index in [0.29, 0.717) is 27.1 Å². The number of halogens is 1. The minimum absolute atomic E-state index is 0.168. The summed E-state index contributed by atoms with van der Waals surface area (Å²) in [5.41, 5.74) is 5.28. The molecule has 0 saturated heterocycles. The largest absolute Gasteiger partial charge is 0.465 e. The van der Waals surface area contributed by atoms with Crippen LogP contribution in [0.3, 0.4) is 0 Å². The van der Waals surface area contributed by atoms with Gasteiger partial charge in [-0.15, -0.1) is 11.3 Å². The first-order valence-electron chi connectivity index (χ1n) is 12.8. The van der Waals surface area contributed by atoms with Crippen molar-refractivity contribution in [1.29, 1.82) is 0 Å². The van der Waals surface area contributed by atoms with Crippen molar-refractivity contribution in [2.75, 3.05) is 12.4 Å². The fraction of sp³-hybridized carbons (Fsp3) is 0.323. The molecule has 2 aromatic heterocycles. The van der Waals surface area contributed by atoms with E-state index in [1.54, 1.807) is 0 Å². The van der Waals surface area contributed by atoms with Gasteiger partial charge in [-0.3, -0.25) is 4.79 Å². The molecular weight excluding hydrogens is 516 g/mol. The van der Waals surface area contributed by atoms with Gasteiger partial charge in [0.05, 0.1) is 29.4 Å². The van der Waals surface area contributed by atoms with Gasteiger partial charge in [0.25, 0.3) is 5.91 Å². The van der Waals surface area contributed by atoms with E-state index in [1.807, 2.05) is 55.5 Å². The van der Waals surface area contributed by atoms with Crippen LogP contribution in [0.1, 0.15) is 63.9 Å². The topological polar surface area (TPSA) is 68.3 Å². The number of fused-ring (bicyclic) bond motifs is 2.